The Hall–Kier alpha value is -1.55. The molecule has 0 saturated carbocycles. The van der Waals surface area contributed by atoms with E-state index in [-0.39, 0.29) is 6.10 Å². The van der Waals surface area contributed by atoms with Crippen molar-refractivity contribution < 1.29 is 14.3 Å². The van der Waals surface area contributed by atoms with Crippen molar-refractivity contribution in [1.29, 1.82) is 0 Å². The number of rotatable bonds is 2. The maximum atomic E-state index is 5.73. The number of benzene rings is 1. The molecule has 4 heteroatoms. The Bertz CT molecular complexity index is 413. The van der Waals surface area contributed by atoms with Crippen molar-refractivity contribution in [3.63, 3.8) is 0 Å². The molecule has 1 fully saturated rings. The fraction of sp³-hybridized carbons (Fsp3) is 0.417. The van der Waals surface area contributed by atoms with E-state index < -0.39 is 0 Å². The highest BCUT2D eigenvalue weighted by Gasteiger charge is 2.38. The summed E-state index contributed by atoms with van der Waals surface area (Å²) in [6, 6.07) is 7.88. The van der Waals surface area contributed by atoms with Crippen LogP contribution in [0.15, 0.2) is 29.4 Å². The van der Waals surface area contributed by atoms with Gasteiger partial charge in [-0.3, -0.25) is 0 Å². The van der Waals surface area contributed by atoms with Crippen molar-refractivity contribution >= 4 is 5.71 Å². The van der Waals surface area contributed by atoms with Crippen LogP contribution in [-0.2, 0) is 9.57 Å². The summed E-state index contributed by atoms with van der Waals surface area (Å²) in [5, 5.41) is 4.06. The molecule has 0 unspecified atom stereocenters. The molecule has 1 aromatic rings. The zero-order chi connectivity index (χ0) is 11.0. The van der Waals surface area contributed by atoms with Gasteiger partial charge in [-0.15, -0.1) is 0 Å². The van der Waals surface area contributed by atoms with Gasteiger partial charge >= 0.3 is 0 Å². The third kappa shape index (κ3) is 1.46. The molecule has 0 spiro atoms. The van der Waals surface area contributed by atoms with Crippen LogP contribution in [0, 0.1) is 5.92 Å². The molecule has 2 aliphatic rings. The minimum absolute atomic E-state index is 0.0431. The van der Waals surface area contributed by atoms with Crippen LogP contribution in [0.2, 0.25) is 0 Å². The monoisotopic (exact) mass is 219 g/mol. The second-order valence-corrected chi connectivity index (χ2v) is 4.00. The number of hydrogen-bond acceptors (Lipinski definition) is 4. The summed E-state index contributed by atoms with van der Waals surface area (Å²) in [5.41, 5.74) is 2.12. The molecular formula is C12H13NO3. The molecule has 0 bridgehead atoms. The van der Waals surface area contributed by atoms with Gasteiger partial charge in [0.25, 0.3) is 0 Å². The maximum absolute atomic E-state index is 5.73. The summed E-state index contributed by atoms with van der Waals surface area (Å²) in [6.07, 6.45) is -0.0431. The van der Waals surface area contributed by atoms with Gasteiger partial charge in [0.05, 0.1) is 25.3 Å². The molecule has 0 aromatic heterocycles. The molecule has 2 heterocycles. The highest BCUT2D eigenvalue weighted by molar-refractivity contribution is 5.93. The van der Waals surface area contributed by atoms with E-state index in [1.165, 1.54) is 0 Å². The van der Waals surface area contributed by atoms with Crippen LogP contribution in [-0.4, -0.2) is 26.0 Å². The topological polar surface area (TPSA) is 40.0 Å². The first-order valence-electron chi connectivity index (χ1n) is 5.34. The number of fused-ring (bicyclic) bond motifs is 1. The SMILES string of the molecule is COc1ccc([C@@H]2OC[C@H]3CON=C32)cc1. The Morgan fingerprint density at radius 3 is 2.81 bits per heavy atom. The summed E-state index contributed by atoms with van der Waals surface area (Å²) in [5.74, 6) is 1.19. The molecule has 1 saturated heterocycles. The molecule has 84 valence electrons. The largest absolute Gasteiger partial charge is 0.497 e. The predicted molar refractivity (Wildman–Crippen MR) is 58.6 cm³/mol. The molecule has 0 N–H and O–H groups in total. The van der Waals surface area contributed by atoms with Crippen LogP contribution in [0.5, 0.6) is 5.75 Å². The molecule has 16 heavy (non-hydrogen) atoms. The minimum atomic E-state index is -0.0431. The minimum Gasteiger partial charge on any atom is -0.497 e. The van der Waals surface area contributed by atoms with Crippen LogP contribution in [0.1, 0.15) is 11.7 Å². The molecule has 0 amide bonds. The first-order chi connectivity index (χ1) is 7.88. The summed E-state index contributed by atoms with van der Waals surface area (Å²) < 4.78 is 10.9. The van der Waals surface area contributed by atoms with E-state index in [2.05, 4.69) is 5.16 Å². The summed E-state index contributed by atoms with van der Waals surface area (Å²) in [6.45, 7) is 1.36. The third-order valence-corrected chi connectivity index (χ3v) is 3.02. The summed E-state index contributed by atoms with van der Waals surface area (Å²) in [7, 11) is 1.66. The van der Waals surface area contributed by atoms with Gasteiger partial charge < -0.3 is 14.3 Å². The van der Waals surface area contributed by atoms with Crippen LogP contribution >= 0.6 is 0 Å². The number of ether oxygens (including phenoxy) is 2. The third-order valence-electron chi connectivity index (χ3n) is 3.02. The van der Waals surface area contributed by atoms with E-state index in [1.54, 1.807) is 7.11 Å². The van der Waals surface area contributed by atoms with Gasteiger partial charge in [0.15, 0.2) is 0 Å². The van der Waals surface area contributed by atoms with Crippen LogP contribution in [0.25, 0.3) is 0 Å². The molecule has 4 nitrogen and oxygen atoms in total. The van der Waals surface area contributed by atoms with E-state index in [4.69, 9.17) is 14.3 Å². The lowest BCUT2D eigenvalue weighted by molar-refractivity contribution is 0.0792. The lowest BCUT2D eigenvalue weighted by Crippen LogP contribution is -2.11. The standard InChI is InChI=1S/C12H13NO3/c1-14-10-4-2-8(3-5-10)12-11-9(6-15-12)7-16-13-11/h2-5,9,12H,6-7H2,1H3/t9-,12-/m0/s1. The van der Waals surface area contributed by atoms with Crippen molar-refractivity contribution in [1.82, 2.24) is 0 Å². The molecule has 2 atom stereocenters. The predicted octanol–water partition coefficient (Wildman–Crippen LogP) is 1.77. The van der Waals surface area contributed by atoms with Gasteiger partial charge in [0, 0.05) is 0 Å². The van der Waals surface area contributed by atoms with Gasteiger partial charge in [-0.25, -0.2) is 0 Å². The quantitative estimate of drug-likeness (QED) is 0.761. The zero-order valence-electron chi connectivity index (χ0n) is 9.05. The lowest BCUT2D eigenvalue weighted by Gasteiger charge is -2.10. The van der Waals surface area contributed by atoms with Gasteiger partial charge in [0.1, 0.15) is 18.5 Å². The Kier molecular flexibility index (Phi) is 2.29. The molecule has 0 aliphatic carbocycles. The fourth-order valence-corrected chi connectivity index (χ4v) is 2.10. The average molecular weight is 219 g/mol. The zero-order valence-corrected chi connectivity index (χ0v) is 9.05. The second kappa shape index (κ2) is 3.79. The van der Waals surface area contributed by atoms with Gasteiger partial charge in [-0.05, 0) is 17.7 Å². The number of methoxy groups -OCH3 is 1. The van der Waals surface area contributed by atoms with E-state index in [1.807, 2.05) is 24.3 Å². The van der Waals surface area contributed by atoms with E-state index >= 15 is 0 Å². The summed E-state index contributed by atoms with van der Waals surface area (Å²) >= 11 is 0. The van der Waals surface area contributed by atoms with Crippen molar-refractivity contribution in [2.45, 2.75) is 6.10 Å². The van der Waals surface area contributed by atoms with Crippen molar-refractivity contribution in [2.24, 2.45) is 11.1 Å². The van der Waals surface area contributed by atoms with Crippen molar-refractivity contribution in [3.05, 3.63) is 29.8 Å². The van der Waals surface area contributed by atoms with Gasteiger partial charge in [-0.2, -0.15) is 0 Å². The molecule has 1 aromatic carbocycles. The molecule has 3 rings (SSSR count). The van der Waals surface area contributed by atoms with Gasteiger partial charge in [0.2, 0.25) is 0 Å². The Labute approximate surface area is 93.8 Å². The Balaban J connectivity index is 1.86. The van der Waals surface area contributed by atoms with Crippen LogP contribution < -0.4 is 4.74 Å². The number of hydrogen-bond donors (Lipinski definition) is 0. The van der Waals surface area contributed by atoms with E-state index in [0.717, 1.165) is 17.0 Å². The van der Waals surface area contributed by atoms with Crippen LogP contribution in [0.4, 0.5) is 0 Å². The highest BCUT2D eigenvalue weighted by Crippen LogP contribution is 2.33. The smallest absolute Gasteiger partial charge is 0.127 e. The molecule has 0 radical (unpaired) electrons. The lowest BCUT2D eigenvalue weighted by atomic mass is 9.99. The number of nitrogens with zero attached hydrogens (tertiary/aromatic N) is 1. The van der Waals surface area contributed by atoms with Gasteiger partial charge in [-0.1, -0.05) is 17.3 Å². The second-order valence-electron chi connectivity index (χ2n) is 4.00. The van der Waals surface area contributed by atoms with Crippen molar-refractivity contribution in [2.75, 3.05) is 20.3 Å². The first kappa shape index (κ1) is 9.66. The summed E-state index contributed by atoms with van der Waals surface area (Å²) in [4.78, 5) is 5.09. The fourth-order valence-electron chi connectivity index (χ4n) is 2.10. The maximum Gasteiger partial charge on any atom is 0.127 e. The van der Waals surface area contributed by atoms with E-state index in [0.29, 0.717) is 19.1 Å². The highest BCUT2D eigenvalue weighted by atomic mass is 16.6. The number of oxime groups is 1. The first-order valence-corrected chi connectivity index (χ1v) is 5.34. The Morgan fingerprint density at radius 1 is 1.25 bits per heavy atom. The van der Waals surface area contributed by atoms with Crippen LogP contribution in [0.3, 0.4) is 0 Å². The van der Waals surface area contributed by atoms with Crippen molar-refractivity contribution in [3.8, 4) is 5.75 Å². The van der Waals surface area contributed by atoms with E-state index in [9.17, 15) is 0 Å². The Morgan fingerprint density at radius 2 is 2.06 bits per heavy atom. The normalized spacial score (nSPS) is 27.2. The molecular weight excluding hydrogens is 206 g/mol. The average Bonchev–Trinajstić information content (AvgIpc) is 2.91. The molecule has 2 aliphatic heterocycles.